The number of hydrogen-bond acceptors (Lipinski definition) is 4. The molecule has 0 bridgehead atoms. The molecule has 1 aliphatic rings. The molecule has 4 nitrogen and oxygen atoms in total. The summed E-state index contributed by atoms with van der Waals surface area (Å²) in [5.74, 6) is 3.00. The number of thioether (sulfide) groups is 1. The van der Waals surface area contributed by atoms with Crippen molar-refractivity contribution in [2.75, 3.05) is 18.8 Å². The Morgan fingerprint density at radius 2 is 1.78 bits per heavy atom. The molecule has 2 heterocycles. The molecule has 0 saturated carbocycles. The van der Waals surface area contributed by atoms with Crippen LogP contribution in [0.3, 0.4) is 0 Å². The number of oxazole rings is 1. The molecule has 0 N–H and O–H groups in total. The van der Waals surface area contributed by atoms with Crippen LogP contribution in [-0.2, 0) is 17.0 Å². The summed E-state index contributed by atoms with van der Waals surface area (Å²) in [6.45, 7) is 5.93. The summed E-state index contributed by atoms with van der Waals surface area (Å²) in [7, 11) is 0. The van der Waals surface area contributed by atoms with Gasteiger partial charge in [0, 0.05) is 24.4 Å². The average Bonchev–Trinajstić information content (AvgIpc) is 3.02. The Labute approximate surface area is 166 Å². The number of benzene rings is 1. The minimum Gasteiger partial charge on any atom is -0.441 e. The van der Waals surface area contributed by atoms with E-state index in [1.807, 2.05) is 11.8 Å². The van der Waals surface area contributed by atoms with Gasteiger partial charge in [0.25, 0.3) is 0 Å². The van der Waals surface area contributed by atoms with E-state index in [0.29, 0.717) is 17.4 Å². The van der Waals surface area contributed by atoms with E-state index in [-0.39, 0.29) is 5.91 Å². The fraction of sp³-hybridized carbons (Fsp3) is 0.545. The van der Waals surface area contributed by atoms with Crippen molar-refractivity contribution in [3.05, 3.63) is 41.3 Å². The first-order valence-electron chi connectivity index (χ1n) is 10.1. The molecule has 0 spiro atoms. The largest absolute Gasteiger partial charge is 0.441 e. The lowest BCUT2D eigenvalue weighted by Crippen LogP contribution is -2.35. The predicted molar refractivity (Wildman–Crippen MR) is 112 cm³/mol. The topological polar surface area (TPSA) is 46.3 Å². The van der Waals surface area contributed by atoms with E-state index >= 15 is 0 Å². The zero-order valence-electron chi connectivity index (χ0n) is 16.5. The number of amides is 1. The zero-order valence-corrected chi connectivity index (χ0v) is 17.3. The van der Waals surface area contributed by atoms with Crippen LogP contribution in [0.2, 0.25) is 0 Å². The van der Waals surface area contributed by atoms with Crippen molar-refractivity contribution in [3.8, 4) is 11.5 Å². The Bertz CT molecular complexity index is 731. The summed E-state index contributed by atoms with van der Waals surface area (Å²) in [5.41, 5.74) is 3.25. The molecule has 5 heteroatoms. The van der Waals surface area contributed by atoms with Gasteiger partial charge in [-0.15, -0.1) is 11.8 Å². The Balaban J connectivity index is 1.53. The zero-order chi connectivity index (χ0) is 19.1. The molecule has 1 amide bonds. The summed E-state index contributed by atoms with van der Waals surface area (Å²) in [6.07, 6.45) is 7.11. The highest BCUT2D eigenvalue weighted by atomic mass is 32.2. The molecule has 0 unspecified atom stereocenters. The monoisotopic (exact) mass is 386 g/mol. The normalized spacial score (nSPS) is 15.4. The molecule has 1 saturated heterocycles. The van der Waals surface area contributed by atoms with Crippen LogP contribution in [0, 0.1) is 6.92 Å². The van der Waals surface area contributed by atoms with E-state index in [1.165, 1.54) is 24.8 Å². The van der Waals surface area contributed by atoms with Crippen LogP contribution >= 0.6 is 11.8 Å². The molecule has 2 aromatic rings. The maximum absolute atomic E-state index is 12.5. The van der Waals surface area contributed by atoms with Crippen molar-refractivity contribution < 1.29 is 9.21 Å². The van der Waals surface area contributed by atoms with E-state index in [4.69, 9.17) is 4.42 Å². The van der Waals surface area contributed by atoms with Gasteiger partial charge in [0.1, 0.15) is 5.76 Å². The SMILES string of the molecule is CCc1ccc(-c2nc(CSCC(=O)N3CCCCCCC3)c(C)o2)cc1. The van der Waals surface area contributed by atoms with E-state index in [2.05, 4.69) is 36.2 Å². The lowest BCUT2D eigenvalue weighted by Gasteiger charge is -2.24. The number of likely N-dealkylation sites (tertiary alicyclic amines) is 1. The van der Waals surface area contributed by atoms with Crippen LogP contribution in [-0.4, -0.2) is 34.6 Å². The Morgan fingerprint density at radius 3 is 2.44 bits per heavy atom. The van der Waals surface area contributed by atoms with Gasteiger partial charge in [0.05, 0.1) is 11.4 Å². The average molecular weight is 387 g/mol. The second-order valence-corrected chi connectivity index (χ2v) is 8.20. The van der Waals surface area contributed by atoms with E-state index in [0.717, 1.165) is 49.4 Å². The molecule has 1 aromatic heterocycles. The van der Waals surface area contributed by atoms with Gasteiger partial charge < -0.3 is 9.32 Å². The second-order valence-electron chi connectivity index (χ2n) is 7.21. The first-order valence-corrected chi connectivity index (χ1v) is 11.2. The highest BCUT2D eigenvalue weighted by Gasteiger charge is 2.16. The smallest absolute Gasteiger partial charge is 0.232 e. The summed E-state index contributed by atoms with van der Waals surface area (Å²) in [6, 6.07) is 8.36. The molecule has 1 aliphatic heterocycles. The van der Waals surface area contributed by atoms with Crippen molar-refractivity contribution in [2.24, 2.45) is 0 Å². The third-order valence-electron chi connectivity index (χ3n) is 5.17. The van der Waals surface area contributed by atoms with Crippen LogP contribution in [0.5, 0.6) is 0 Å². The van der Waals surface area contributed by atoms with Crippen molar-refractivity contribution in [1.82, 2.24) is 9.88 Å². The Morgan fingerprint density at radius 1 is 1.11 bits per heavy atom. The fourth-order valence-electron chi connectivity index (χ4n) is 3.39. The van der Waals surface area contributed by atoms with Gasteiger partial charge in [-0.1, -0.05) is 38.3 Å². The molecule has 0 radical (unpaired) electrons. The fourth-order valence-corrected chi connectivity index (χ4v) is 4.31. The van der Waals surface area contributed by atoms with Gasteiger partial charge in [0.2, 0.25) is 11.8 Å². The molecule has 3 rings (SSSR count). The number of carbonyl (C=O) groups excluding carboxylic acids is 1. The van der Waals surface area contributed by atoms with Crippen LogP contribution in [0.15, 0.2) is 28.7 Å². The second kappa shape index (κ2) is 9.98. The molecule has 1 aromatic carbocycles. The van der Waals surface area contributed by atoms with E-state index in [1.54, 1.807) is 11.8 Å². The van der Waals surface area contributed by atoms with Crippen LogP contribution in [0.4, 0.5) is 0 Å². The third-order valence-corrected chi connectivity index (χ3v) is 6.10. The molecule has 27 heavy (non-hydrogen) atoms. The lowest BCUT2D eigenvalue weighted by atomic mass is 10.1. The first-order chi connectivity index (χ1) is 13.2. The van der Waals surface area contributed by atoms with Gasteiger partial charge in [-0.25, -0.2) is 4.98 Å². The van der Waals surface area contributed by atoms with Crippen molar-refractivity contribution in [1.29, 1.82) is 0 Å². The molecule has 1 fully saturated rings. The highest BCUT2D eigenvalue weighted by Crippen LogP contribution is 2.25. The molecule has 146 valence electrons. The van der Waals surface area contributed by atoms with Crippen molar-refractivity contribution in [2.45, 2.75) is 58.1 Å². The standard InChI is InChI=1S/C22H30N2O2S/c1-3-18-9-11-19(12-10-18)22-23-20(17(2)26-22)15-27-16-21(25)24-13-7-5-4-6-8-14-24/h9-12H,3-8,13-16H2,1-2H3. The Hall–Kier alpha value is -1.75. The molecule has 0 atom stereocenters. The molecular formula is C22H30N2O2S. The molecular weight excluding hydrogens is 356 g/mol. The van der Waals surface area contributed by atoms with Crippen LogP contribution in [0.1, 0.15) is 56.0 Å². The number of carbonyl (C=O) groups is 1. The summed E-state index contributed by atoms with van der Waals surface area (Å²) in [4.78, 5) is 19.2. The minimum absolute atomic E-state index is 0.262. The van der Waals surface area contributed by atoms with Crippen LogP contribution in [0.25, 0.3) is 11.5 Å². The minimum atomic E-state index is 0.262. The van der Waals surface area contributed by atoms with Gasteiger partial charge >= 0.3 is 0 Å². The van der Waals surface area contributed by atoms with Gasteiger partial charge in [-0.2, -0.15) is 0 Å². The van der Waals surface area contributed by atoms with Gasteiger partial charge in [-0.05, 0) is 43.9 Å². The quantitative estimate of drug-likeness (QED) is 0.681. The lowest BCUT2D eigenvalue weighted by molar-refractivity contribution is -0.128. The number of aromatic nitrogens is 1. The number of hydrogen-bond donors (Lipinski definition) is 0. The van der Waals surface area contributed by atoms with Crippen LogP contribution < -0.4 is 0 Å². The van der Waals surface area contributed by atoms with Crippen molar-refractivity contribution >= 4 is 17.7 Å². The summed E-state index contributed by atoms with van der Waals surface area (Å²) < 4.78 is 5.86. The number of aryl methyl sites for hydroxylation is 2. The van der Waals surface area contributed by atoms with E-state index in [9.17, 15) is 4.79 Å². The number of nitrogens with zero attached hydrogens (tertiary/aromatic N) is 2. The van der Waals surface area contributed by atoms with Gasteiger partial charge in [0.15, 0.2) is 0 Å². The van der Waals surface area contributed by atoms with Gasteiger partial charge in [-0.3, -0.25) is 4.79 Å². The predicted octanol–water partition coefficient (Wildman–Crippen LogP) is 5.24. The maximum Gasteiger partial charge on any atom is 0.232 e. The first kappa shape index (κ1) is 20.0. The van der Waals surface area contributed by atoms with Crippen molar-refractivity contribution in [3.63, 3.8) is 0 Å². The highest BCUT2D eigenvalue weighted by molar-refractivity contribution is 7.99. The summed E-state index contributed by atoms with van der Waals surface area (Å²) in [5, 5.41) is 0. The Kier molecular flexibility index (Phi) is 7.39. The third kappa shape index (κ3) is 5.61. The molecule has 0 aliphatic carbocycles. The van der Waals surface area contributed by atoms with E-state index < -0.39 is 0 Å². The summed E-state index contributed by atoms with van der Waals surface area (Å²) >= 11 is 1.64. The number of rotatable bonds is 6. The maximum atomic E-state index is 12.5.